The number of benzene rings is 2. The number of rotatable bonds is 2. The Balaban J connectivity index is 1.89. The Labute approximate surface area is 157 Å². The fraction of sp³-hybridized carbons (Fsp3) is 0.0870. The molecule has 4 nitrogen and oxygen atoms in total. The standard InChI is InChI=1S/C23H18N4/c1-15-9-11-17(12-10-15)20-14-21(18-7-4-3-6-16(18)2)27-23(25-20)19-8-5-13-24-22(19)26-27/h3-14H,1-2H3. The molecule has 0 aliphatic heterocycles. The van der Waals surface area contributed by atoms with Crippen LogP contribution in [0.5, 0.6) is 0 Å². The normalized spacial score (nSPS) is 11.3. The molecule has 0 aliphatic rings. The number of hydrogen-bond acceptors (Lipinski definition) is 3. The molecule has 2 aromatic carbocycles. The van der Waals surface area contributed by atoms with E-state index in [1.165, 1.54) is 11.1 Å². The summed E-state index contributed by atoms with van der Waals surface area (Å²) in [6.07, 6.45) is 1.77. The van der Waals surface area contributed by atoms with E-state index in [1.54, 1.807) is 6.20 Å². The van der Waals surface area contributed by atoms with Gasteiger partial charge in [0, 0.05) is 17.3 Å². The van der Waals surface area contributed by atoms with E-state index in [1.807, 2.05) is 16.6 Å². The number of fused-ring (bicyclic) bond motifs is 3. The first-order valence-electron chi connectivity index (χ1n) is 8.98. The predicted molar refractivity (Wildman–Crippen MR) is 109 cm³/mol. The van der Waals surface area contributed by atoms with Crippen LogP contribution in [0.25, 0.3) is 39.2 Å². The molecule has 0 radical (unpaired) electrons. The fourth-order valence-corrected chi connectivity index (χ4v) is 3.44. The molecule has 0 saturated carbocycles. The number of hydrogen-bond donors (Lipinski definition) is 0. The zero-order valence-corrected chi connectivity index (χ0v) is 15.2. The Kier molecular flexibility index (Phi) is 3.50. The molecule has 130 valence electrons. The third-order valence-electron chi connectivity index (χ3n) is 4.92. The van der Waals surface area contributed by atoms with Crippen LogP contribution in [0.4, 0.5) is 0 Å². The number of pyridine rings is 1. The molecule has 0 N–H and O–H groups in total. The van der Waals surface area contributed by atoms with Gasteiger partial charge in [-0.2, -0.15) is 0 Å². The third-order valence-corrected chi connectivity index (χ3v) is 4.92. The molecule has 0 unspecified atom stereocenters. The van der Waals surface area contributed by atoms with E-state index in [0.717, 1.165) is 33.5 Å². The van der Waals surface area contributed by atoms with Gasteiger partial charge in [0.2, 0.25) is 0 Å². The molecule has 3 aromatic heterocycles. The van der Waals surface area contributed by atoms with E-state index in [2.05, 4.69) is 73.4 Å². The Morgan fingerprint density at radius 1 is 0.852 bits per heavy atom. The van der Waals surface area contributed by atoms with Crippen LogP contribution in [0.15, 0.2) is 72.9 Å². The highest BCUT2D eigenvalue weighted by molar-refractivity contribution is 5.92. The van der Waals surface area contributed by atoms with Crippen molar-refractivity contribution in [1.82, 2.24) is 19.6 Å². The highest BCUT2D eigenvalue weighted by atomic mass is 15.3. The summed E-state index contributed by atoms with van der Waals surface area (Å²) < 4.78 is 1.91. The predicted octanol–water partition coefficient (Wildman–Crippen LogP) is 5.23. The Morgan fingerprint density at radius 2 is 1.67 bits per heavy atom. The largest absolute Gasteiger partial charge is 0.235 e. The van der Waals surface area contributed by atoms with Gasteiger partial charge in [0.1, 0.15) is 0 Å². The second-order valence-corrected chi connectivity index (χ2v) is 6.82. The lowest BCUT2D eigenvalue weighted by atomic mass is 10.0. The van der Waals surface area contributed by atoms with Crippen LogP contribution in [0.3, 0.4) is 0 Å². The molecule has 0 atom stereocenters. The van der Waals surface area contributed by atoms with Crippen molar-refractivity contribution in [3.05, 3.63) is 84.1 Å². The first kappa shape index (κ1) is 15.7. The maximum Gasteiger partial charge on any atom is 0.183 e. The molecule has 4 heteroatoms. The fourth-order valence-electron chi connectivity index (χ4n) is 3.44. The molecule has 0 fully saturated rings. The van der Waals surface area contributed by atoms with Crippen LogP contribution in [-0.4, -0.2) is 19.6 Å². The van der Waals surface area contributed by atoms with E-state index in [9.17, 15) is 0 Å². The number of aromatic nitrogens is 4. The van der Waals surface area contributed by atoms with E-state index < -0.39 is 0 Å². The van der Waals surface area contributed by atoms with Gasteiger partial charge in [-0.1, -0.05) is 54.1 Å². The van der Waals surface area contributed by atoms with Gasteiger partial charge in [0.25, 0.3) is 0 Å². The van der Waals surface area contributed by atoms with Crippen molar-refractivity contribution in [2.75, 3.05) is 0 Å². The topological polar surface area (TPSA) is 43.1 Å². The summed E-state index contributed by atoms with van der Waals surface area (Å²) >= 11 is 0. The van der Waals surface area contributed by atoms with Gasteiger partial charge in [-0.3, -0.25) is 0 Å². The summed E-state index contributed by atoms with van der Waals surface area (Å²) in [5.74, 6) is 0. The van der Waals surface area contributed by atoms with E-state index in [0.29, 0.717) is 5.65 Å². The van der Waals surface area contributed by atoms with Gasteiger partial charge in [-0.15, -0.1) is 5.10 Å². The van der Waals surface area contributed by atoms with Crippen LogP contribution in [0.1, 0.15) is 11.1 Å². The molecule has 27 heavy (non-hydrogen) atoms. The van der Waals surface area contributed by atoms with Crippen molar-refractivity contribution >= 4 is 16.7 Å². The van der Waals surface area contributed by atoms with Gasteiger partial charge < -0.3 is 0 Å². The SMILES string of the molecule is Cc1ccc(-c2cc(-c3ccccc3C)n3nc4ncccc4c3n2)cc1. The van der Waals surface area contributed by atoms with E-state index in [4.69, 9.17) is 10.1 Å². The highest BCUT2D eigenvalue weighted by Gasteiger charge is 2.15. The third kappa shape index (κ3) is 2.57. The Bertz CT molecular complexity index is 1280. The van der Waals surface area contributed by atoms with Crippen molar-refractivity contribution in [1.29, 1.82) is 0 Å². The molecule has 0 saturated heterocycles. The minimum atomic E-state index is 0.709. The lowest BCUT2D eigenvalue weighted by Crippen LogP contribution is -1.99. The van der Waals surface area contributed by atoms with E-state index in [-0.39, 0.29) is 0 Å². The van der Waals surface area contributed by atoms with Crippen LogP contribution >= 0.6 is 0 Å². The average molecular weight is 350 g/mol. The van der Waals surface area contributed by atoms with Gasteiger partial charge in [-0.05, 0) is 37.6 Å². The molecule has 3 heterocycles. The molecule has 0 amide bonds. The monoisotopic (exact) mass is 350 g/mol. The van der Waals surface area contributed by atoms with Crippen LogP contribution < -0.4 is 0 Å². The Hall–Kier alpha value is -3.53. The summed E-state index contributed by atoms with van der Waals surface area (Å²) in [6.45, 7) is 4.21. The number of aryl methyl sites for hydroxylation is 2. The van der Waals surface area contributed by atoms with Gasteiger partial charge >= 0.3 is 0 Å². The minimum absolute atomic E-state index is 0.709. The van der Waals surface area contributed by atoms with Crippen LogP contribution in [-0.2, 0) is 0 Å². The van der Waals surface area contributed by atoms with Gasteiger partial charge in [0.15, 0.2) is 11.3 Å². The maximum absolute atomic E-state index is 4.94. The zero-order chi connectivity index (χ0) is 18.4. The molecule has 5 aromatic rings. The molecular formula is C23H18N4. The van der Waals surface area contributed by atoms with Crippen molar-refractivity contribution in [2.24, 2.45) is 0 Å². The van der Waals surface area contributed by atoms with E-state index >= 15 is 0 Å². The van der Waals surface area contributed by atoms with Gasteiger partial charge in [-0.25, -0.2) is 14.5 Å². The highest BCUT2D eigenvalue weighted by Crippen LogP contribution is 2.30. The zero-order valence-electron chi connectivity index (χ0n) is 15.2. The smallest absolute Gasteiger partial charge is 0.183 e. The molecule has 0 bridgehead atoms. The summed E-state index contributed by atoms with van der Waals surface area (Å²) in [6, 6.07) is 22.9. The Morgan fingerprint density at radius 3 is 2.48 bits per heavy atom. The van der Waals surface area contributed by atoms with Crippen molar-refractivity contribution < 1.29 is 0 Å². The second-order valence-electron chi connectivity index (χ2n) is 6.82. The van der Waals surface area contributed by atoms with Crippen molar-refractivity contribution in [2.45, 2.75) is 13.8 Å². The molecule has 5 rings (SSSR count). The number of nitrogens with zero attached hydrogens (tertiary/aromatic N) is 4. The van der Waals surface area contributed by atoms with Crippen molar-refractivity contribution in [3.63, 3.8) is 0 Å². The average Bonchev–Trinajstić information content (AvgIpc) is 3.07. The summed E-state index contributed by atoms with van der Waals surface area (Å²) in [5.41, 5.74) is 8.17. The first-order chi connectivity index (χ1) is 13.2. The van der Waals surface area contributed by atoms with Crippen LogP contribution in [0, 0.1) is 13.8 Å². The molecular weight excluding hydrogens is 332 g/mol. The summed E-state index contributed by atoms with van der Waals surface area (Å²) in [4.78, 5) is 9.36. The lowest BCUT2D eigenvalue weighted by molar-refractivity contribution is 0.957. The van der Waals surface area contributed by atoms with Gasteiger partial charge in [0.05, 0.1) is 16.8 Å². The minimum Gasteiger partial charge on any atom is -0.235 e. The quantitative estimate of drug-likeness (QED) is 0.438. The molecule has 0 spiro atoms. The maximum atomic E-state index is 4.94. The lowest BCUT2D eigenvalue weighted by Gasteiger charge is -2.11. The van der Waals surface area contributed by atoms with Crippen molar-refractivity contribution in [3.8, 4) is 22.5 Å². The second kappa shape index (κ2) is 6.02. The summed E-state index contributed by atoms with van der Waals surface area (Å²) in [5, 5.41) is 5.68. The molecule has 0 aliphatic carbocycles. The summed E-state index contributed by atoms with van der Waals surface area (Å²) in [7, 11) is 0. The van der Waals surface area contributed by atoms with Crippen LogP contribution in [0.2, 0.25) is 0 Å². The first-order valence-corrected chi connectivity index (χ1v) is 8.98.